The molecule has 0 unspecified atom stereocenters. The SMILES string of the molecule is Nc1cccc(Nc2ncc3ccc(=O)n(C4CCCC4)c3n2)n1. The van der Waals surface area contributed by atoms with Gasteiger partial charge in [0.25, 0.3) is 5.56 Å². The molecule has 0 aliphatic heterocycles. The number of nitrogens with one attached hydrogen (secondary N) is 1. The third kappa shape index (κ3) is 2.68. The number of aromatic nitrogens is 4. The molecule has 0 saturated heterocycles. The van der Waals surface area contributed by atoms with Gasteiger partial charge in [-0.05, 0) is 31.0 Å². The number of nitrogen functional groups attached to an aromatic ring is 1. The first-order valence-electron chi connectivity index (χ1n) is 8.08. The number of fused-ring (bicyclic) bond motifs is 1. The van der Waals surface area contributed by atoms with Gasteiger partial charge in [0.05, 0.1) is 0 Å². The van der Waals surface area contributed by atoms with Gasteiger partial charge in [-0.2, -0.15) is 4.98 Å². The monoisotopic (exact) mass is 322 g/mol. The summed E-state index contributed by atoms with van der Waals surface area (Å²) in [5.74, 6) is 1.39. The largest absolute Gasteiger partial charge is 0.384 e. The molecule has 3 heterocycles. The van der Waals surface area contributed by atoms with Crippen molar-refractivity contribution >= 4 is 28.6 Å². The Balaban J connectivity index is 1.78. The first-order chi connectivity index (χ1) is 11.7. The van der Waals surface area contributed by atoms with Crippen LogP contribution < -0.4 is 16.6 Å². The van der Waals surface area contributed by atoms with E-state index >= 15 is 0 Å². The van der Waals surface area contributed by atoms with Crippen LogP contribution in [0.2, 0.25) is 0 Å². The van der Waals surface area contributed by atoms with Crippen LogP contribution in [0.3, 0.4) is 0 Å². The highest BCUT2D eigenvalue weighted by Gasteiger charge is 2.20. The van der Waals surface area contributed by atoms with Gasteiger partial charge in [-0.3, -0.25) is 9.36 Å². The van der Waals surface area contributed by atoms with Crippen molar-refractivity contribution in [1.82, 2.24) is 19.5 Å². The molecule has 0 atom stereocenters. The van der Waals surface area contributed by atoms with Crippen LogP contribution in [0.25, 0.3) is 11.0 Å². The van der Waals surface area contributed by atoms with E-state index in [1.54, 1.807) is 36.5 Å². The highest BCUT2D eigenvalue weighted by molar-refractivity contribution is 5.75. The summed E-state index contributed by atoms with van der Waals surface area (Å²) in [6.45, 7) is 0. The van der Waals surface area contributed by atoms with Gasteiger partial charge in [0.1, 0.15) is 17.3 Å². The van der Waals surface area contributed by atoms with Crippen molar-refractivity contribution in [2.75, 3.05) is 11.1 Å². The second-order valence-corrected chi connectivity index (χ2v) is 6.03. The Labute approximate surface area is 138 Å². The summed E-state index contributed by atoms with van der Waals surface area (Å²) in [6.07, 6.45) is 6.06. The lowest BCUT2D eigenvalue weighted by atomic mass is 10.2. The average molecular weight is 322 g/mol. The zero-order chi connectivity index (χ0) is 16.5. The van der Waals surface area contributed by atoms with Crippen LogP contribution in [0.4, 0.5) is 17.6 Å². The maximum atomic E-state index is 12.4. The summed E-state index contributed by atoms with van der Waals surface area (Å²) < 4.78 is 1.81. The van der Waals surface area contributed by atoms with E-state index in [1.165, 1.54) is 0 Å². The number of pyridine rings is 2. The first-order valence-corrected chi connectivity index (χ1v) is 8.08. The summed E-state index contributed by atoms with van der Waals surface area (Å²) in [5, 5.41) is 3.90. The molecule has 7 heteroatoms. The molecular formula is C17H18N6O. The summed E-state index contributed by atoms with van der Waals surface area (Å²) in [7, 11) is 0. The maximum Gasteiger partial charge on any atom is 0.252 e. The van der Waals surface area contributed by atoms with E-state index in [-0.39, 0.29) is 11.6 Å². The quantitative estimate of drug-likeness (QED) is 0.769. The summed E-state index contributed by atoms with van der Waals surface area (Å²) >= 11 is 0. The third-order valence-electron chi connectivity index (χ3n) is 4.37. The molecule has 4 rings (SSSR count). The Kier molecular flexibility index (Phi) is 3.60. The Morgan fingerprint density at radius 3 is 2.75 bits per heavy atom. The molecule has 3 N–H and O–H groups in total. The Morgan fingerprint density at radius 1 is 1.12 bits per heavy atom. The standard InChI is InChI=1S/C17H18N6O/c18-13-6-3-7-14(20-13)21-17-19-10-11-8-9-15(24)23(16(11)22-17)12-4-1-2-5-12/h3,6-10,12H,1-2,4-5H2,(H3,18,19,20,21,22). The van der Waals surface area contributed by atoms with Crippen molar-refractivity contribution in [2.45, 2.75) is 31.7 Å². The van der Waals surface area contributed by atoms with Crippen molar-refractivity contribution in [3.05, 3.63) is 46.9 Å². The molecule has 3 aromatic rings. The summed E-state index contributed by atoms with van der Waals surface area (Å²) in [5.41, 5.74) is 6.34. The molecule has 3 aromatic heterocycles. The lowest BCUT2D eigenvalue weighted by Crippen LogP contribution is -2.23. The van der Waals surface area contributed by atoms with E-state index in [0.717, 1.165) is 31.1 Å². The highest BCUT2D eigenvalue weighted by Crippen LogP contribution is 2.30. The van der Waals surface area contributed by atoms with Crippen LogP contribution in [0.15, 0.2) is 41.3 Å². The lowest BCUT2D eigenvalue weighted by molar-refractivity contribution is 0.516. The maximum absolute atomic E-state index is 12.4. The molecule has 24 heavy (non-hydrogen) atoms. The van der Waals surface area contributed by atoms with Crippen molar-refractivity contribution in [3.63, 3.8) is 0 Å². The van der Waals surface area contributed by atoms with E-state index in [9.17, 15) is 4.79 Å². The molecule has 1 saturated carbocycles. The second kappa shape index (κ2) is 5.92. The van der Waals surface area contributed by atoms with Crippen molar-refractivity contribution in [1.29, 1.82) is 0 Å². The van der Waals surface area contributed by atoms with Gasteiger partial charge in [-0.1, -0.05) is 18.9 Å². The van der Waals surface area contributed by atoms with Gasteiger partial charge in [0.15, 0.2) is 0 Å². The number of hydrogen-bond donors (Lipinski definition) is 2. The van der Waals surface area contributed by atoms with Crippen molar-refractivity contribution in [3.8, 4) is 0 Å². The van der Waals surface area contributed by atoms with E-state index in [4.69, 9.17) is 5.73 Å². The number of anilines is 3. The van der Waals surface area contributed by atoms with E-state index in [1.807, 2.05) is 4.57 Å². The highest BCUT2D eigenvalue weighted by atomic mass is 16.1. The predicted molar refractivity (Wildman–Crippen MR) is 93.2 cm³/mol. The molecule has 1 fully saturated rings. The number of nitrogens with zero attached hydrogens (tertiary/aromatic N) is 4. The van der Waals surface area contributed by atoms with Crippen LogP contribution in [0.1, 0.15) is 31.7 Å². The van der Waals surface area contributed by atoms with Crippen LogP contribution in [0, 0.1) is 0 Å². The first kappa shape index (κ1) is 14.6. The number of hydrogen-bond acceptors (Lipinski definition) is 6. The normalized spacial score (nSPS) is 15.0. The smallest absolute Gasteiger partial charge is 0.252 e. The van der Waals surface area contributed by atoms with E-state index in [0.29, 0.717) is 23.2 Å². The Morgan fingerprint density at radius 2 is 1.96 bits per heavy atom. The topological polar surface area (TPSA) is 98.7 Å². The van der Waals surface area contributed by atoms with Gasteiger partial charge in [-0.15, -0.1) is 0 Å². The fourth-order valence-corrected chi connectivity index (χ4v) is 3.25. The lowest BCUT2D eigenvalue weighted by Gasteiger charge is -2.16. The van der Waals surface area contributed by atoms with Crippen molar-refractivity contribution in [2.24, 2.45) is 0 Å². The molecular weight excluding hydrogens is 304 g/mol. The second-order valence-electron chi connectivity index (χ2n) is 6.03. The number of rotatable bonds is 3. The predicted octanol–water partition coefficient (Wildman–Crippen LogP) is 2.63. The minimum Gasteiger partial charge on any atom is -0.384 e. The van der Waals surface area contributed by atoms with Crippen LogP contribution in [-0.4, -0.2) is 19.5 Å². The van der Waals surface area contributed by atoms with Gasteiger partial charge in [0, 0.05) is 23.7 Å². The molecule has 0 bridgehead atoms. The molecule has 0 amide bonds. The van der Waals surface area contributed by atoms with Crippen molar-refractivity contribution < 1.29 is 0 Å². The van der Waals surface area contributed by atoms with Gasteiger partial charge < -0.3 is 11.1 Å². The molecule has 1 aliphatic rings. The van der Waals surface area contributed by atoms with E-state index in [2.05, 4.69) is 20.3 Å². The summed E-state index contributed by atoms with van der Waals surface area (Å²) in [6, 6.07) is 8.89. The van der Waals surface area contributed by atoms with Gasteiger partial charge in [0.2, 0.25) is 5.95 Å². The van der Waals surface area contributed by atoms with E-state index < -0.39 is 0 Å². The molecule has 1 aliphatic carbocycles. The van der Waals surface area contributed by atoms with Crippen LogP contribution in [-0.2, 0) is 0 Å². The Hall–Kier alpha value is -2.96. The minimum atomic E-state index is -0.0128. The van der Waals surface area contributed by atoms with Gasteiger partial charge in [-0.25, -0.2) is 9.97 Å². The fourth-order valence-electron chi connectivity index (χ4n) is 3.25. The Bertz CT molecular complexity index is 945. The molecule has 0 aromatic carbocycles. The average Bonchev–Trinajstić information content (AvgIpc) is 3.08. The third-order valence-corrected chi connectivity index (χ3v) is 4.37. The zero-order valence-electron chi connectivity index (χ0n) is 13.1. The van der Waals surface area contributed by atoms with Crippen LogP contribution >= 0.6 is 0 Å². The van der Waals surface area contributed by atoms with Gasteiger partial charge >= 0.3 is 0 Å². The molecule has 7 nitrogen and oxygen atoms in total. The zero-order valence-corrected chi connectivity index (χ0v) is 13.1. The molecule has 0 radical (unpaired) electrons. The summed E-state index contributed by atoms with van der Waals surface area (Å²) in [4.78, 5) is 25.4. The minimum absolute atomic E-state index is 0.0128. The van der Waals surface area contributed by atoms with Crippen LogP contribution in [0.5, 0.6) is 0 Å². The molecule has 122 valence electrons. The number of nitrogens with two attached hydrogens (primary N) is 1. The fraction of sp³-hybridized carbons (Fsp3) is 0.294. The molecule has 0 spiro atoms.